The summed E-state index contributed by atoms with van der Waals surface area (Å²) in [5.74, 6) is -4.83. The van der Waals surface area contributed by atoms with Crippen molar-refractivity contribution in [3.63, 3.8) is 0 Å². The molecule has 4 N–H and O–H groups in total. The van der Waals surface area contributed by atoms with Gasteiger partial charge in [0.05, 0.1) is 23.7 Å². The number of carbonyl (C=O) groups is 4. The molecule has 0 aromatic heterocycles. The fourth-order valence-electron chi connectivity index (χ4n) is 8.87. The number of benzene rings is 2. The molecule has 2 aromatic rings. The summed E-state index contributed by atoms with van der Waals surface area (Å²) in [6.45, 7) is 8.89. The van der Waals surface area contributed by atoms with E-state index >= 15 is 4.79 Å². The van der Waals surface area contributed by atoms with E-state index in [0.717, 1.165) is 0 Å². The predicted octanol–water partition coefficient (Wildman–Crippen LogP) is 3.44. The maximum atomic E-state index is 15.1. The molecule has 3 aliphatic carbocycles. The number of ether oxygens (including phenoxy) is 5. The van der Waals surface area contributed by atoms with Crippen LogP contribution in [0, 0.1) is 111 Å². The van der Waals surface area contributed by atoms with Crippen LogP contribution in [0.3, 0.4) is 0 Å². The Bertz CT molecular complexity index is 1790. The molecular formula is C40H48Ac2O13. The number of carbonyl (C=O) groups excluding carboxylic acids is 4. The van der Waals surface area contributed by atoms with Crippen LogP contribution in [0.5, 0.6) is 0 Å². The molecule has 15 heteroatoms. The van der Waals surface area contributed by atoms with Gasteiger partial charge in [0, 0.05) is 112 Å². The Morgan fingerprint density at radius 3 is 2.09 bits per heavy atom. The third-order valence-electron chi connectivity index (χ3n) is 12.2. The first kappa shape index (κ1) is 46.4. The minimum Gasteiger partial charge on any atom is -0.456 e. The van der Waals surface area contributed by atoms with Crippen LogP contribution >= 0.6 is 0 Å². The molecule has 10 atom stereocenters. The fraction of sp³-hybridized carbons (Fsp3) is 0.550. The SMILES string of the molecule is CC1=C2C(O)C(=O)[C@]3(C)C(OC(=O)OCc4ccccc4)CC4OCC4(O)C3C(OC(=O)c3ccccc3)C(O)(CC1OC(=O)C(O)C(C)C)C2(C)C.[Ac].[Ac]. The Morgan fingerprint density at radius 2 is 1.53 bits per heavy atom. The molecular weight excluding hydrogens is 1140 g/mol. The monoisotopic (exact) mass is 1190 g/mol. The second-order valence-corrected chi connectivity index (χ2v) is 15.8. The molecule has 55 heavy (non-hydrogen) atoms. The van der Waals surface area contributed by atoms with Gasteiger partial charge in [-0.1, -0.05) is 76.2 Å². The maximum absolute atomic E-state index is 15.1. The zero-order valence-electron chi connectivity index (χ0n) is 31.8. The Balaban J connectivity index is 0.00000336. The van der Waals surface area contributed by atoms with Crippen LogP contribution in [0.25, 0.3) is 0 Å². The molecule has 0 amide bonds. The summed E-state index contributed by atoms with van der Waals surface area (Å²) in [6.07, 6.45) is -10.7. The summed E-state index contributed by atoms with van der Waals surface area (Å²) in [4.78, 5) is 55.5. The third kappa shape index (κ3) is 8.07. The zero-order valence-corrected chi connectivity index (χ0v) is 41.3. The summed E-state index contributed by atoms with van der Waals surface area (Å²) < 4.78 is 29.1. The van der Waals surface area contributed by atoms with Gasteiger partial charge in [0.1, 0.15) is 42.2 Å². The molecule has 2 aromatic carbocycles. The van der Waals surface area contributed by atoms with Gasteiger partial charge >= 0.3 is 18.1 Å². The van der Waals surface area contributed by atoms with Gasteiger partial charge in [-0.05, 0) is 48.6 Å². The molecule has 4 aliphatic rings. The number of fused-ring (bicyclic) bond motifs is 5. The smallest absolute Gasteiger partial charge is 0.456 e. The Labute approximate surface area is 391 Å². The van der Waals surface area contributed by atoms with Crippen molar-refractivity contribution in [3.8, 4) is 0 Å². The minimum atomic E-state index is -2.26. The van der Waals surface area contributed by atoms with Crippen LogP contribution in [0.1, 0.15) is 70.3 Å². The number of aliphatic hydroxyl groups excluding tert-OH is 2. The number of ketones is 1. The van der Waals surface area contributed by atoms with Gasteiger partial charge in [-0.15, -0.1) is 0 Å². The van der Waals surface area contributed by atoms with Crippen molar-refractivity contribution < 1.29 is 151 Å². The van der Waals surface area contributed by atoms with Gasteiger partial charge < -0.3 is 44.1 Å². The van der Waals surface area contributed by atoms with Crippen molar-refractivity contribution in [1.82, 2.24) is 0 Å². The Kier molecular flexibility index (Phi) is 14.8. The number of esters is 2. The van der Waals surface area contributed by atoms with Crippen molar-refractivity contribution in [2.45, 2.75) is 109 Å². The van der Waals surface area contributed by atoms with Crippen molar-refractivity contribution >= 4 is 23.9 Å². The van der Waals surface area contributed by atoms with Gasteiger partial charge in [-0.3, -0.25) is 4.79 Å². The molecule has 6 rings (SSSR count). The first-order valence-electron chi connectivity index (χ1n) is 17.9. The summed E-state index contributed by atoms with van der Waals surface area (Å²) in [7, 11) is 0. The van der Waals surface area contributed by atoms with E-state index in [0.29, 0.717) is 5.56 Å². The van der Waals surface area contributed by atoms with Crippen LogP contribution in [0.15, 0.2) is 71.8 Å². The third-order valence-corrected chi connectivity index (χ3v) is 12.2. The second-order valence-electron chi connectivity index (χ2n) is 15.8. The van der Waals surface area contributed by atoms with Gasteiger partial charge in [0.2, 0.25) is 0 Å². The molecule has 1 heterocycles. The molecule has 13 nitrogen and oxygen atoms in total. The average Bonchev–Trinajstić information content (AvgIpc) is 3.12. The normalized spacial score (nSPS) is 33.8. The van der Waals surface area contributed by atoms with Crippen LogP contribution in [0.2, 0.25) is 0 Å². The number of aliphatic hydroxyl groups is 4. The number of hydrogen-bond acceptors (Lipinski definition) is 13. The fourth-order valence-corrected chi connectivity index (χ4v) is 8.87. The molecule has 1 saturated heterocycles. The first-order chi connectivity index (χ1) is 24.9. The Morgan fingerprint density at radius 1 is 0.927 bits per heavy atom. The second kappa shape index (κ2) is 17.5. The molecule has 2 bridgehead atoms. The van der Waals surface area contributed by atoms with Gasteiger partial charge in [0.25, 0.3) is 0 Å². The number of rotatable bonds is 8. The maximum Gasteiger partial charge on any atom is 0.508 e. The van der Waals surface area contributed by atoms with E-state index in [1.807, 2.05) is 0 Å². The van der Waals surface area contributed by atoms with Crippen LogP contribution in [0.4, 0.5) is 4.79 Å². The van der Waals surface area contributed by atoms with Crippen LogP contribution < -0.4 is 0 Å². The van der Waals surface area contributed by atoms with E-state index in [1.54, 1.807) is 83.1 Å². The van der Waals surface area contributed by atoms with E-state index in [4.69, 9.17) is 23.7 Å². The topological polar surface area (TPSA) is 195 Å². The van der Waals surface area contributed by atoms with E-state index in [-0.39, 0.29) is 124 Å². The van der Waals surface area contributed by atoms with E-state index in [9.17, 15) is 34.8 Å². The van der Waals surface area contributed by atoms with E-state index in [2.05, 4.69) is 0 Å². The van der Waals surface area contributed by atoms with Crippen molar-refractivity contribution in [2.75, 3.05) is 6.61 Å². The largest absolute Gasteiger partial charge is 0.508 e. The van der Waals surface area contributed by atoms with Crippen LogP contribution in [-0.2, 0) is 39.9 Å². The van der Waals surface area contributed by atoms with Crippen molar-refractivity contribution in [1.29, 1.82) is 0 Å². The first-order valence-corrected chi connectivity index (χ1v) is 17.9. The summed E-state index contributed by atoms with van der Waals surface area (Å²) in [5.41, 5.74) is -6.75. The zero-order chi connectivity index (χ0) is 38.7. The minimum absolute atomic E-state index is 0. The predicted molar refractivity (Wildman–Crippen MR) is 186 cm³/mol. The van der Waals surface area contributed by atoms with E-state index < -0.39 is 101 Å². The molecule has 292 valence electrons. The summed E-state index contributed by atoms with van der Waals surface area (Å²) in [5, 5.41) is 48.4. The molecule has 2 radical (unpaired) electrons. The van der Waals surface area contributed by atoms with Crippen molar-refractivity contribution in [2.24, 2.45) is 22.7 Å². The van der Waals surface area contributed by atoms with Crippen molar-refractivity contribution in [3.05, 3.63) is 82.9 Å². The number of hydrogen-bond donors (Lipinski definition) is 4. The molecule has 0 spiro atoms. The average molecular weight is 1190 g/mol. The Hall–Kier alpha value is -1.26. The summed E-state index contributed by atoms with van der Waals surface area (Å²) >= 11 is 0. The van der Waals surface area contributed by atoms with Gasteiger partial charge in [0.15, 0.2) is 11.9 Å². The molecule has 1 aliphatic heterocycles. The molecule has 2 saturated carbocycles. The van der Waals surface area contributed by atoms with Gasteiger partial charge in [-0.25, -0.2) is 14.4 Å². The van der Waals surface area contributed by atoms with Gasteiger partial charge in [-0.2, -0.15) is 0 Å². The van der Waals surface area contributed by atoms with Crippen LogP contribution in [-0.4, -0.2) is 98.7 Å². The molecule has 3 fully saturated rings. The molecule has 9 unspecified atom stereocenters. The van der Waals surface area contributed by atoms with E-state index in [1.165, 1.54) is 19.1 Å². The number of Topliss-reactive ketones (excluding diaryl/α,β-unsaturated/α-hetero) is 1. The standard InChI is InChI=1S/C40H48O13.2Ac/c1-21(2)29(41)35(45)51-25-18-40(48)33(53-34(44)24-15-11-8-12-16-24)31-38(6,32(43)30(42)28(22(25)3)37(40,4)5)26(17-27-39(31,47)20-50-27)52-36(46)49-19-23-13-9-7-10-14-23;;/h7-16,21,25-27,29-31,33,41-42,47-48H,17-20H2,1-6H3;;/t25?,26?,27?,29?,30?,31?,33?,38-,39?,40?;;/m1../s1. The quantitative estimate of drug-likeness (QED) is 0.171. The summed E-state index contributed by atoms with van der Waals surface area (Å²) in [6, 6.07) is 16.8.